The predicted octanol–water partition coefficient (Wildman–Crippen LogP) is 3.89. The lowest BCUT2D eigenvalue weighted by Crippen LogP contribution is -1.88. The van der Waals surface area contributed by atoms with Crippen LogP contribution in [0.3, 0.4) is 0 Å². The summed E-state index contributed by atoms with van der Waals surface area (Å²) < 4.78 is 7.96. The summed E-state index contributed by atoms with van der Waals surface area (Å²) in [6.45, 7) is 2.13. The van der Waals surface area contributed by atoms with Gasteiger partial charge in [0.15, 0.2) is 5.76 Å². The second-order valence-electron chi connectivity index (χ2n) is 5.11. The number of anilines is 1. The molecule has 2 N–H and O–H groups in total. The second-order valence-corrected chi connectivity index (χ2v) is 5.11. The minimum absolute atomic E-state index is 0.715. The number of furan rings is 1. The fourth-order valence-electron chi connectivity index (χ4n) is 2.78. The second kappa shape index (κ2) is 4.38. The first kappa shape index (κ1) is 12.0. The van der Waals surface area contributed by atoms with Crippen LogP contribution in [0.25, 0.3) is 28.1 Å². The highest BCUT2D eigenvalue weighted by Gasteiger charge is 2.16. The number of nitrogen functional groups attached to an aromatic ring is 1. The zero-order valence-electron chi connectivity index (χ0n) is 11.7. The van der Waals surface area contributed by atoms with Gasteiger partial charge in [-0.15, -0.1) is 0 Å². The Bertz CT molecular complexity index is 949. The van der Waals surface area contributed by atoms with Crippen LogP contribution in [0, 0.1) is 0 Å². The summed E-state index contributed by atoms with van der Waals surface area (Å²) in [6, 6.07) is 11.9. The molecule has 3 heterocycles. The third kappa shape index (κ3) is 1.80. The topological polar surface area (TPSA) is 56.5 Å². The summed E-state index contributed by atoms with van der Waals surface area (Å²) in [7, 11) is 0. The minimum atomic E-state index is 0.715. The molecule has 0 saturated heterocycles. The van der Waals surface area contributed by atoms with Crippen molar-refractivity contribution in [3.05, 3.63) is 54.4 Å². The lowest BCUT2D eigenvalue weighted by molar-refractivity contribution is 0.625. The summed E-state index contributed by atoms with van der Waals surface area (Å²) in [5.41, 5.74) is 10.3. The lowest BCUT2D eigenvalue weighted by Gasteiger charge is -1.95. The number of pyridine rings is 1. The Hall–Kier alpha value is -2.75. The summed E-state index contributed by atoms with van der Waals surface area (Å²) in [5.74, 6) is 0.848. The molecular weight excluding hydrogens is 262 g/mol. The van der Waals surface area contributed by atoms with Gasteiger partial charge in [-0.3, -0.25) is 0 Å². The maximum Gasteiger partial charge on any atom is 0.158 e. The van der Waals surface area contributed by atoms with Crippen molar-refractivity contribution in [2.24, 2.45) is 0 Å². The number of nitrogens with zero attached hydrogens (tertiary/aromatic N) is 2. The summed E-state index contributed by atoms with van der Waals surface area (Å²) in [4.78, 5) is 4.64. The third-order valence-electron chi connectivity index (χ3n) is 3.76. The number of aromatic nitrogens is 2. The maximum atomic E-state index is 6.03. The number of rotatable bonds is 2. The molecule has 0 aliphatic heterocycles. The van der Waals surface area contributed by atoms with Crippen molar-refractivity contribution in [1.29, 1.82) is 0 Å². The maximum absolute atomic E-state index is 6.03. The molecule has 4 aromatic rings. The fourth-order valence-corrected chi connectivity index (χ4v) is 2.78. The normalized spacial score (nSPS) is 11.5. The van der Waals surface area contributed by atoms with Gasteiger partial charge in [-0.1, -0.05) is 25.1 Å². The third-order valence-corrected chi connectivity index (χ3v) is 3.76. The van der Waals surface area contributed by atoms with Crippen LogP contribution in [0.1, 0.15) is 12.5 Å². The van der Waals surface area contributed by atoms with Gasteiger partial charge in [-0.25, -0.2) is 4.98 Å². The van der Waals surface area contributed by atoms with Crippen LogP contribution in [0.2, 0.25) is 0 Å². The van der Waals surface area contributed by atoms with Crippen LogP contribution in [0.4, 0.5) is 5.69 Å². The van der Waals surface area contributed by atoms with Gasteiger partial charge in [0.05, 0.1) is 0 Å². The van der Waals surface area contributed by atoms with Crippen LogP contribution in [-0.2, 0) is 6.42 Å². The average Bonchev–Trinajstić information content (AvgIpc) is 3.06. The van der Waals surface area contributed by atoms with Gasteiger partial charge in [-0.05, 0) is 24.6 Å². The predicted molar refractivity (Wildman–Crippen MR) is 84.2 cm³/mol. The van der Waals surface area contributed by atoms with E-state index in [1.54, 1.807) is 0 Å². The van der Waals surface area contributed by atoms with Crippen molar-refractivity contribution in [1.82, 2.24) is 9.38 Å². The van der Waals surface area contributed by atoms with Gasteiger partial charge in [0.25, 0.3) is 0 Å². The molecule has 0 amide bonds. The standard InChI is InChI=1S/C17H15N3O/c1-2-12-13-5-3-4-6-15(13)21-17(12)14-10-20-9-11(18)7-8-16(20)19-14/h3-10H,2,18H2,1H3. The van der Waals surface area contributed by atoms with Crippen molar-refractivity contribution in [2.75, 3.05) is 5.73 Å². The molecule has 0 radical (unpaired) electrons. The molecule has 0 atom stereocenters. The molecule has 3 aromatic heterocycles. The Morgan fingerprint density at radius 3 is 2.86 bits per heavy atom. The first-order valence-electron chi connectivity index (χ1n) is 7.01. The number of aryl methyl sites for hydroxylation is 1. The van der Waals surface area contributed by atoms with E-state index in [1.165, 1.54) is 5.56 Å². The van der Waals surface area contributed by atoms with Crippen molar-refractivity contribution in [3.8, 4) is 11.5 Å². The fraction of sp³-hybridized carbons (Fsp3) is 0.118. The molecule has 0 bridgehead atoms. The van der Waals surface area contributed by atoms with Gasteiger partial charge in [0.2, 0.25) is 0 Å². The summed E-state index contributed by atoms with van der Waals surface area (Å²) >= 11 is 0. The van der Waals surface area contributed by atoms with Gasteiger partial charge in [-0.2, -0.15) is 0 Å². The van der Waals surface area contributed by atoms with Gasteiger partial charge >= 0.3 is 0 Å². The Morgan fingerprint density at radius 2 is 2.00 bits per heavy atom. The van der Waals surface area contributed by atoms with E-state index in [2.05, 4.69) is 18.0 Å². The first-order chi connectivity index (χ1) is 10.3. The monoisotopic (exact) mass is 277 g/mol. The molecule has 0 spiro atoms. The molecule has 0 aliphatic rings. The van der Waals surface area contributed by atoms with Gasteiger partial charge in [0, 0.05) is 29.0 Å². The van der Waals surface area contributed by atoms with E-state index in [-0.39, 0.29) is 0 Å². The molecule has 0 fully saturated rings. The van der Waals surface area contributed by atoms with E-state index in [1.807, 2.05) is 47.1 Å². The molecule has 4 rings (SSSR count). The number of fused-ring (bicyclic) bond motifs is 2. The van der Waals surface area contributed by atoms with Crippen molar-refractivity contribution in [2.45, 2.75) is 13.3 Å². The molecule has 0 saturated carbocycles. The van der Waals surface area contributed by atoms with Crippen LogP contribution in [0.5, 0.6) is 0 Å². The number of nitrogens with two attached hydrogens (primary N) is 1. The zero-order valence-corrected chi connectivity index (χ0v) is 11.7. The highest BCUT2D eigenvalue weighted by Crippen LogP contribution is 2.33. The molecule has 4 nitrogen and oxygen atoms in total. The average molecular weight is 277 g/mol. The number of imidazole rings is 1. The smallest absolute Gasteiger partial charge is 0.158 e. The van der Waals surface area contributed by atoms with E-state index in [0.29, 0.717) is 5.69 Å². The Balaban J connectivity index is 1.99. The number of benzene rings is 1. The summed E-state index contributed by atoms with van der Waals surface area (Å²) in [6.07, 6.45) is 4.73. The Morgan fingerprint density at radius 1 is 1.14 bits per heavy atom. The van der Waals surface area contributed by atoms with E-state index in [4.69, 9.17) is 10.2 Å². The van der Waals surface area contributed by atoms with E-state index >= 15 is 0 Å². The summed E-state index contributed by atoms with van der Waals surface area (Å²) in [5, 5.41) is 1.16. The van der Waals surface area contributed by atoms with Gasteiger partial charge < -0.3 is 14.6 Å². The highest BCUT2D eigenvalue weighted by atomic mass is 16.3. The Kier molecular flexibility index (Phi) is 2.51. The first-order valence-corrected chi connectivity index (χ1v) is 7.01. The SMILES string of the molecule is CCc1c(-c2cn3cc(N)ccc3n2)oc2ccccc12. The quantitative estimate of drug-likeness (QED) is 0.604. The van der Waals surface area contributed by atoms with Crippen LogP contribution in [0.15, 0.2) is 53.2 Å². The zero-order chi connectivity index (χ0) is 14.4. The minimum Gasteiger partial charge on any atom is -0.454 e. The Labute approximate surface area is 121 Å². The molecule has 0 unspecified atom stereocenters. The van der Waals surface area contributed by atoms with Crippen LogP contribution < -0.4 is 5.73 Å². The van der Waals surface area contributed by atoms with E-state index in [0.717, 1.165) is 34.5 Å². The van der Waals surface area contributed by atoms with E-state index < -0.39 is 0 Å². The molecule has 0 aliphatic carbocycles. The van der Waals surface area contributed by atoms with Gasteiger partial charge in [0.1, 0.15) is 16.9 Å². The van der Waals surface area contributed by atoms with E-state index in [9.17, 15) is 0 Å². The molecule has 21 heavy (non-hydrogen) atoms. The highest BCUT2D eigenvalue weighted by molar-refractivity contribution is 5.87. The van der Waals surface area contributed by atoms with Crippen molar-refractivity contribution >= 4 is 22.3 Å². The lowest BCUT2D eigenvalue weighted by atomic mass is 10.1. The molecule has 4 heteroatoms. The number of hydrogen-bond donors (Lipinski definition) is 1. The van der Waals surface area contributed by atoms with Crippen molar-refractivity contribution < 1.29 is 4.42 Å². The van der Waals surface area contributed by atoms with Crippen molar-refractivity contribution in [3.63, 3.8) is 0 Å². The molecule has 1 aromatic carbocycles. The molecular formula is C17H15N3O. The van der Waals surface area contributed by atoms with Crippen LogP contribution in [-0.4, -0.2) is 9.38 Å². The number of hydrogen-bond acceptors (Lipinski definition) is 3. The largest absolute Gasteiger partial charge is 0.454 e. The van der Waals surface area contributed by atoms with Crippen LogP contribution >= 0.6 is 0 Å². The number of para-hydroxylation sites is 1. The molecule has 104 valence electrons.